The molecule has 2 aliphatic heterocycles. The summed E-state index contributed by atoms with van der Waals surface area (Å²) in [6, 6.07) is 12.8. The maximum atomic E-state index is 14.0. The first-order valence-electron chi connectivity index (χ1n) is 11.0. The van der Waals surface area contributed by atoms with E-state index in [0.717, 1.165) is 0 Å². The Kier molecular flexibility index (Phi) is 5.94. The Morgan fingerprint density at radius 1 is 1.12 bits per heavy atom. The molecule has 2 saturated heterocycles. The van der Waals surface area contributed by atoms with E-state index in [0.29, 0.717) is 60.9 Å². The fourth-order valence-corrected chi connectivity index (χ4v) is 5.36. The van der Waals surface area contributed by atoms with Gasteiger partial charge in [-0.2, -0.15) is 0 Å². The van der Waals surface area contributed by atoms with E-state index in [1.165, 1.54) is 28.5 Å². The molecule has 2 aliphatic rings. The van der Waals surface area contributed by atoms with Crippen molar-refractivity contribution in [2.24, 2.45) is 0 Å². The molecular weight excluding hydrogens is 445 g/mol. The SMILES string of the molecule is CC(Sc1nc2ccccc2c(=O)n1-c1cccc(F)c1)C(=O)N1CCC2(CC1)OCCO2. The number of halogens is 1. The number of piperidine rings is 1. The van der Waals surface area contributed by atoms with E-state index in [9.17, 15) is 14.0 Å². The minimum Gasteiger partial charge on any atom is -0.347 e. The number of hydrogen-bond acceptors (Lipinski definition) is 6. The largest absolute Gasteiger partial charge is 0.347 e. The third-order valence-corrected chi connectivity index (χ3v) is 7.13. The standard InChI is InChI=1S/C24H24FN3O4S/c1-16(21(29)27-11-9-24(10-12-27)31-13-14-32-24)33-23-26-20-8-3-2-7-19(20)22(30)28(23)18-6-4-5-17(25)15-18/h2-8,15-16H,9-14H2,1H3. The van der Waals surface area contributed by atoms with Crippen molar-refractivity contribution in [3.05, 3.63) is 64.7 Å². The van der Waals surface area contributed by atoms with Crippen LogP contribution in [0, 0.1) is 5.82 Å². The fraction of sp³-hybridized carbons (Fsp3) is 0.375. The van der Waals surface area contributed by atoms with E-state index in [1.54, 1.807) is 48.2 Å². The molecular formula is C24H24FN3O4S. The van der Waals surface area contributed by atoms with Gasteiger partial charge in [0, 0.05) is 25.9 Å². The van der Waals surface area contributed by atoms with Gasteiger partial charge in [-0.15, -0.1) is 0 Å². The summed E-state index contributed by atoms with van der Waals surface area (Å²) >= 11 is 1.20. The number of aromatic nitrogens is 2. The zero-order valence-corrected chi connectivity index (χ0v) is 19.0. The van der Waals surface area contributed by atoms with Crippen LogP contribution in [-0.4, -0.2) is 57.7 Å². The molecule has 1 atom stereocenters. The number of nitrogens with zero attached hydrogens (tertiary/aromatic N) is 3. The van der Waals surface area contributed by atoms with E-state index in [2.05, 4.69) is 4.98 Å². The number of amides is 1. The van der Waals surface area contributed by atoms with Crippen LogP contribution < -0.4 is 5.56 Å². The molecule has 0 aliphatic carbocycles. The zero-order chi connectivity index (χ0) is 23.0. The second kappa shape index (κ2) is 8.89. The molecule has 9 heteroatoms. The van der Waals surface area contributed by atoms with Crippen molar-refractivity contribution >= 4 is 28.6 Å². The van der Waals surface area contributed by atoms with Crippen LogP contribution in [0.25, 0.3) is 16.6 Å². The molecule has 0 N–H and O–H groups in total. The van der Waals surface area contributed by atoms with Crippen molar-refractivity contribution in [1.29, 1.82) is 0 Å². The molecule has 5 rings (SSSR count). The van der Waals surface area contributed by atoms with Gasteiger partial charge in [-0.05, 0) is 37.3 Å². The number of likely N-dealkylation sites (tertiary alicyclic amines) is 1. The predicted molar refractivity (Wildman–Crippen MR) is 123 cm³/mol. The molecule has 3 heterocycles. The van der Waals surface area contributed by atoms with Crippen LogP contribution in [0.1, 0.15) is 19.8 Å². The van der Waals surface area contributed by atoms with Gasteiger partial charge in [-0.3, -0.25) is 14.2 Å². The second-order valence-electron chi connectivity index (χ2n) is 8.22. The lowest BCUT2D eigenvalue weighted by molar-refractivity contribution is -0.187. The Labute approximate surface area is 194 Å². The van der Waals surface area contributed by atoms with E-state index in [4.69, 9.17) is 9.47 Å². The first-order chi connectivity index (χ1) is 16.0. The first-order valence-corrected chi connectivity index (χ1v) is 11.8. The molecule has 3 aromatic rings. The molecule has 1 spiro atoms. The zero-order valence-electron chi connectivity index (χ0n) is 18.2. The van der Waals surface area contributed by atoms with Gasteiger partial charge in [0.25, 0.3) is 5.56 Å². The monoisotopic (exact) mass is 469 g/mol. The van der Waals surface area contributed by atoms with Crippen molar-refractivity contribution in [2.45, 2.75) is 36.0 Å². The van der Waals surface area contributed by atoms with Crippen LogP contribution in [0.15, 0.2) is 58.5 Å². The van der Waals surface area contributed by atoms with Gasteiger partial charge in [0.15, 0.2) is 10.9 Å². The molecule has 7 nitrogen and oxygen atoms in total. The Bertz CT molecular complexity index is 1250. The summed E-state index contributed by atoms with van der Waals surface area (Å²) in [5, 5.41) is 0.293. The predicted octanol–water partition coefficient (Wildman–Crippen LogP) is 3.37. The summed E-state index contributed by atoms with van der Waals surface area (Å²) in [7, 11) is 0. The molecule has 1 unspecified atom stereocenters. The minimum absolute atomic E-state index is 0.0407. The normalized spacial score (nSPS) is 18.7. The molecule has 1 aromatic heterocycles. The summed E-state index contributed by atoms with van der Waals surface area (Å²) < 4.78 is 26.8. The number of carbonyl (C=O) groups is 1. The highest BCUT2D eigenvalue weighted by Gasteiger charge is 2.41. The highest BCUT2D eigenvalue weighted by molar-refractivity contribution is 8.00. The van der Waals surface area contributed by atoms with Crippen LogP contribution in [0.3, 0.4) is 0 Å². The van der Waals surface area contributed by atoms with Crippen LogP contribution in [-0.2, 0) is 14.3 Å². The lowest BCUT2D eigenvalue weighted by atomic mass is 10.0. The summed E-state index contributed by atoms with van der Waals surface area (Å²) in [6.45, 7) is 4.07. The van der Waals surface area contributed by atoms with Gasteiger partial charge in [0.1, 0.15) is 5.82 Å². The molecule has 2 aromatic carbocycles. The van der Waals surface area contributed by atoms with Gasteiger partial charge in [-0.1, -0.05) is 30.0 Å². The van der Waals surface area contributed by atoms with Crippen molar-refractivity contribution in [1.82, 2.24) is 14.5 Å². The molecule has 2 fully saturated rings. The highest BCUT2D eigenvalue weighted by atomic mass is 32.2. The third kappa shape index (κ3) is 4.28. The minimum atomic E-state index is -0.551. The lowest BCUT2D eigenvalue weighted by Gasteiger charge is -2.38. The number of ether oxygens (including phenoxy) is 2. The summed E-state index contributed by atoms with van der Waals surface area (Å²) in [5.41, 5.74) is 0.604. The number of hydrogen-bond donors (Lipinski definition) is 0. The lowest BCUT2D eigenvalue weighted by Crippen LogP contribution is -2.49. The molecule has 1 amide bonds. The number of benzene rings is 2. The van der Waals surface area contributed by atoms with Gasteiger partial charge in [0.05, 0.1) is 35.1 Å². The van der Waals surface area contributed by atoms with Crippen molar-refractivity contribution < 1.29 is 18.7 Å². The van der Waals surface area contributed by atoms with Crippen molar-refractivity contribution in [3.8, 4) is 5.69 Å². The Morgan fingerprint density at radius 3 is 2.58 bits per heavy atom. The van der Waals surface area contributed by atoms with Crippen LogP contribution in [0.2, 0.25) is 0 Å². The van der Waals surface area contributed by atoms with Crippen LogP contribution >= 0.6 is 11.8 Å². The summed E-state index contributed by atoms with van der Waals surface area (Å²) in [4.78, 5) is 33.0. The molecule has 0 saturated carbocycles. The van der Waals surface area contributed by atoms with Gasteiger partial charge in [0.2, 0.25) is 5.91 Å². The van der Waals surface area contributed by atoms with E-state index in [1.807, 2.05) is 0 Å². The summed E-state index contributed by atoms with van der Waals surface area (Å²) in [6.07, 6.45) is 1.27. The quantitative estimate of drug-likeness (QED) is 0.431. The Balaban J connectivity index is 1.43. The van der Waals surface area contributed by atoms with E-state index in [-0.39, 0.29) is 11.5 Å². The van der Waals surface area contributed by atoms with Gasteiger partial charge < -0.3 is 14.4 Å². The van der Waals surface area contributed by atoms with Gasteiger partial charge >= 0.3 is 0 Å². The Hall–Kier alpha value is -2.75. The topological polar surface area (TPSA) is 73.7 Å². The number of thioether (sulfide) groups is 1. The second-order valence-corrected chi connectivity index (χ2v) is 9.53. The van der Waals surface area contributed by atoms with Crippen LogP contribution in [0.4, 0.5) is 4.39 Å². The van der Waals surface area contributed by atoms with Crippen LogP contribution in [0.5, 0.6) is 0 Å². The van der Waals surface area contributed by atoms with E-state index < -0.39 is 16.9 Å². The molecule has 33 heavy (non-hydrogen) atoms. The smallest absolute Gasteiger partial charge is 0.266 e. The highest BCUT2D eigenvalue weighted by Crippen LogP contribution is 2.33. The first kappa shape index (κ1) is 22.1. The molecule has 172 valence electrons. The molecule has 0 bridgehead atoms. The number of carbonyl (C=O) groups excluding carboxylic acids is 1. The number of para-hydroxylation sites is 1. The van der Waals surface area contributed by atoms with E-state index >= 15 is 0 Å². The third-order valence-electron chi connectivity index (χ3n) is 6.09. The van der Waals surface area contributed by atoms with Gasteiger partial charge in [-0.25, -0.2) is 9.37 Å². The summed E-state index contributed by atoms with van der Waals surface area (Å²) in [5.74, 6) is -1.04. The average Bonchev–Trinajstić information content (AvgIpc) is 3.27. The van der Waals surface area contributed by atoms with Crippen molar-refractivity contribution in [2.75, 3.05) is 26.3 Å². The Morgan fingerprint density at radius 2 is 1.85 bits per heavy atom. The number of fused-ring (bicyclic) bond motifs is 1. The maximum absolute atomic E-state index is 14.0. The molecule has 0 radical (unpaired) electrons. The fourth-order valence-electron chi connectivity index (χ4n) is 4.35. The maximum Gasteiger partial charge on any atom is 0.266 e. The number of rotatable bonds is 4. The van der Waals surface area contributed by atoms with Crippen molar-refractivity contribution in [3.63, 3.8) is 0 Å². The average molecular weight is 470 g/mol.